The van der Waals surface area contributed by atoms with Gasteiger partial charge in [0, 0.05) is 19.3 Å². The Morgan fingerprint density at radius 1 is 0.309 bits per heavy atom. The molecule has 6 heteroatoms. The summed E-state index contributed by atoms with van der Waals surface area (Å²) < 4.78 is 16.7. The van der Waals surface area contributed by atoms with Gasteiger partial charge in [-0.1, -0.05) is 226 Å². The fourth-order valence-corrected chi connectivity index (χ4v) is 7.14. The average molecular weight is 941 g/mol. The number of esters is 3. The van der Waals surface area contributed by atoms with Gasteiger partial charge >= 0.3 is 17.9 Å². The first kappa shape index (κ1) is 63.8. The summed E-state index contributed by atoms with van der Waals surface area (Å²) in [5.41, 5.74) is 0. The highest BCUT2D eigenvalue weighted by Crippen LogP contribution is 2.14. The van der Waals surface area contributed by atoms with E-state index in [0.29, 0.717) is 19.3 Å². The minimum Gasteiger partial charge on any atom is -0.462 e. The Morgan fingerprint density at radius 3 is 0.926 bits per heavy atom. The lowest BCUT2D eigenvalue weighted by Crippen LogP contribution is -2.30. The van der Waals surface area contributed by atoms with E-state index in [1.165, 1.54) is 64.2 Å². The second-order valence-corrected chi connectivity index (χ2v) is 17.7. The third-order valence-corrected chi connectivity index (χ3v) is 11.2. The molecule has 0 N–H and O–H groups in total. The van der Waals surface area contributed by atoms with E-state index < -0.39 is 6.10 Å². The van der Waals surface area contributed by atoms with Gasteiger partial charge in [0.2, 0.25) is 0 Å². The van der Waals surface area contributed by atoms with Crippen LogP contribution in [0.3, 0.4) is 0 Å². The topological polar surface area (TPSA) is 78.9 Å². The SMILES string of the molecule is CC/C=C\C/C=C\C/C=C\C/C=C\C/C=C\C/C=C\CCCCCCCCCCC(=O)OCC(COC(=O)CCCCCCCCCC)OC(=O)CCCC/C=C\C/C=C\C/C=C\C/C=C\CC. The zero-order valence-electron chi connectivity index (χ0n) is 43.8. The fourth-order valence-electron chi connectivity index (χ4n) is 7.14. The summed E-state index contributed by atoms with van der Waals surface area (Å²) in [7, 11) is 0. The van der Waals surface area contributed by atoms with Crippen molar-refractivity contribution >= 4 is 17.9 Å². The van der Waals surface area contributed by atoms with Gasteiger partial charge in [-0.2, -0.15) is 0 Å². The van der Waals surface area contributed by atoms with Crippen molar-refractivity contribution in [1.29, 1.82) is 0 Å². The Morgan fingerprint density at radius 2 is 0.574 bits per heavy atom. The Bertz CT molecular complexity index is 1450. The highest BCUT2D eigenvalue weighted by Gasteiger charge is 2.19. The molecular formula is C62H100O6. The van der Waals surface area contributed by atoms with Crippen molar-refractivity contribution in [3.8, 4) is 0 Å². The van der Waals surface area contributed by atoms with Gasteiger partial charge in [0.05, 0.1) is 0 Å². The Labute approximate surface area is 418 Å². The highest BCUT2D eigenvalue weighted by atomic mass is 16.6. The number of hydrogen-bond donors (Lipinski definition) is 0. The fraction of sp³-hybridized carbons (Fsp3) is 0.629. The second-order valence-electron chi connectivity index (χ2n) is 17.7. The number of unbranched alkanes of at least 4 members (excludes halogenated alkanes) is 17. The minimum absolute atomic E-state index is 0.0990. The van der Waals surface area contributed by atoms with Gasteiger partial charge in [-0.05, 0) is 109 Å². The maximum absolute atomic E-state index is 12.8. The van der Waals surface area contributed by atoms with Crippen LogP contribution in [-0.4, -0.2) is 37.2 Å². The molecule has 0 saturated heterocycles. The number of carbonyl (C=O) groups is 3. The molecule has 0 aliphatic carbocycles. The van der Waals surface area contributed by atoms with Gasteiger partial charge in [-0.25, -0.2) is 0 Å². The van der Waals surface area contributed by atoms with E-state index in [9.17, 15) is 14.4 Å². The van der Waals surface area contributed by atoms with Crippen molar-refractivity contribution in [2.75, 3.05) is 13.2 Å². The normalized spacial score (nSPS) is 13.0. The largest absolute Gasteiger partial charge is 0.462 e. The molecule has 6 nitrogen and oxygen atoms in total. The maximum Gasteiger partial charge on any atom is 0.306 e. The number of ether oxygens (including phenoxy) is 3. The molecule has 0 radical (unpaired) electrons. The molecule has 1 atom stereocenters. The predicted octanol–water partition coefficient (Wildman–Crippen LogP) is 18.5. The summed E-state index contributed by atoms with van der Waals surface area (Å²) in [6.45, 7) is 6.32. The third kappa shape index (κ3) is 52.8. The van der Waals surface area contributed by atoms with Gasteiger partial charge in [-0.15, -0.1) is 0 Å². The molecule has 0 aliphatic heterocycles. The van der Waals surface area contributed by atoms with Crippen LogP contribution in [0.5, 0.6) is 0 Å². The van der Waals surface area contributed by atoms with Crippen molar-refractivity contribution in [3.05, 3.63) is 122 Å². The maximum atomic E-state index is 12.8. The Kier molecular flexibility index (Phi) is 52.0. The first-order valence-electron chi connectivity index (χ1n) is 27.5. The van der Waals surface area contributed by atoms with Crippen LogP contribution in [0.2, 0.25) is 0 Å². The first-order chi connectivity index (χ1) is 33.5. The van der Waals surface area contributed by atoms with E-state index in [0.717, 1.165) is 122 Å². The molecular weight excluding hydrogens is 841 g/mol. The lowest BCUT2D eigenvalue weighted by atomic mass is 10.1. The van der Waals surface area contributed by atoms with E-state index >= 15 is 0 Å². The second kappa shape index (κ2) is 55.4. The van der Waals surface area contributed by atoms with Gasteiger partial charge in [0.1, 0.15) is 13.2 Å². The molecule has 68 heavy (non-hydrogen) atoms. The van der Waals surface area contributed by atoms with Crippen LogP contribution < -0.4 is 0 Å². The molecule has 0 bridgehead atoms. The zero-order chi connectivity index (χ0) is 49.3. The Hall–Kier alpha value is -4.19. The van der Waals surface area contributed by atoms with E-state index in [1.807, 2.05) is 0 Å². The van der Waals surface area contributed by atoms with Crippen molar-refractivity contribution < 1.29 is 28.6 Å². The number of carbonyl (C=O) groups excluding carboxylic acids is 3. The van der Waals surface area contributed by atoms with Crippen molar-refractivity contribution in [3.63, 3.8) is 0 Å². The monoisotopic (exact) mass is 941 g/mol. The smallest absolute Gasteiger partial charge is 0.306 e. The third-order valence-electron chi connectivity index (χ3n) is 11.2. The van der Waals surface area contributed by atoms with E-state index in [-0.39, 0.29) is 37.5 Å². The Balaban J connectivity index is 4.28. The summed E-state index contributed by atoms with van der Waals surface area (Å²) in [4.78, 5) is 37.9. The molecule has 0 aromatic rings. The van der Waals surface area contributed by atoms with Crippen LogP contribution in [-0.2, 0) is 28.6 Å². The molecule has 0 amide bonds. The molecule has 0 aromatic carbocycles. The van der Waals surface area contributed by atoms with Crippen molar-refractivity contribution in [2.24, 2.45) is 0 Å². The van der Waals surface area contributed by atoms with Crippen molar-refractivity contribution in [1.82, 2.24) is 0 Å². The summed E-state index contributed by atoms with van der Waals surface area (Å²) in [6.07, 6.45) is 76.3. The molecule has 0 saturated carbocycles. The lowest BCUT2D eigenvalue weighted by molar-refractivity contribution is -0.167. The number of allylic oxidation sites excluding steroid dienone is 20. The van der Waals surface area contributed by atoms with Gasteiger partial charge in [-0.3, -0.25) is 14.4 Å². The number of rotatable bonds is 48. The predicted molar refractivity (Wildman–Crippen MR) is 293 cm³/mol. The summed E-state index contributed by atoms with van der Waals surface area (Å²) in [6, 6.07) is 0. The van der Waals surface area contributed by atoms with Gasteiger partial charge in [0.25, 0.3) is 0 Å². The molecule has 0 fully saturated rings. The highest BCUT2D eigenvalue weighted by molar-refractivity contribution is 5.71. The van der Waals surface area contributed by atoms with E-state index in [1.54, 1.807) is 0 Å². The standard InChI is InChI=1S/C62H100O6/c1-4-7-10-13-16-19-21-23-25-26-27-28-29-30-31-32-33-34-35-36-38-39-41-43-46-49-52-55-61(64)67-58-59(57-66-60(63)54-51-48-45-18-15-12-9-6-3)68-62(65)56-53-50-47-44-42-40-37-24-22-20-17-14-11-8-5-2/h7-8,10-11,16-17,19-20,23-25,27-28,30-31,33-34,37,42,44,59H,4-6,9,12-15,18,21-22,26,29,32,35-36,38-41,43,45-58H2,1-3H3/b10-7-,11-8-,19-16-,20-17-,25-23-,28-27-,31-30-,34-33-,37-24-,44-42-. The molecule has 1 unspecified atom stereocenters. The van der Waals surface area contributed by atoms with Crippen LogP contribution in [0.25, 0.3) is 0 Å². The number of hydrogen-bond acceptors (Lipinski definition) is 6. The minimum atomic E-state index is -0.803. The zero-order valence-corrected chi connectivity index (χ0v) is 43.8. The molecule has 0 aliphatic rings. The average Bonchev–Trinajstić information content (AvgIpc) is 3.34. The lowest BCUT2D eigenvalue weighted by Gasteiger charge is -2.18. The molecule has 0 heterocycles. The van der Waals surface area contributed by atoms with Crippen molar-refractivity contribution in [2.45, 2.75) is 239 Å². The summed E-state index contributed by atoms with van der Waals surface area (Å²) in [5, 5.41) is 0. The van der Waals surface area contributed by atoms with Gasteiger partial charge in [0.15, 0.2) is 6.10 Å². The first-order valence-corrected chi connectivity index (χ1v) is 27.5. The van der Waals surface area contributed by atoms with Crippen LogP contribution in [0, 0.1) is 0 Å². The summed E-state index contributed by atoms with van der Waals surface area (Å²) in [5.74, 6) is -0.959. The van der Waals surface area contributed by atoms with Crippen LogP contribution >= 0.6 is 0 Å². The molecule has 0 aromatic heterocycles. The van der Waals surface area contributed by atoms with Gasteiger partial charge < -0.3 is 14.2 Å². The molecule has 0 rings (SSSR count). The summed E-state index contributed by atoms with van der Waals surface area (Å²) >= 11 is 0. The van der Waals surface area contributed by atoms with Crippen LogP contribution in [0.1, 0.15) is 233 Å². The molecule has 384 valence electrons. The quantitative estimate of drug-likeness (QED) is 0.0262. The van der Waals surface area contributed by atoms with E-state index in [2.05, 4.69) is 142 Å². The van der Waals surface area contributed by atoms with Crippen LogP contribution in [0.4, 0.5) is 0 Å². The van der Waals surface area contributed by atoms with E-state index in [4.69, 9.17) is 14.2 Å². The van der Waals surface area contributed by atoms with Crippen LogP contribution in [0.15, 0.2) is 122 Å². The molecule has 0 spiro atoms.